The molecule has 0 unspecified atom stereocenters. The summed E-state index contributed by atoms with van der Waals surface area (Å²) < 4.78 is 13.8. The van der Waals surface area contributed by atoms with Crippen LogP contribution in [0.3, 0.4) is 0 Å². The van der Waals surface area contributed by atoms with E-state index in [4.69, 9.17) is 0 Å². The molecule has 3 heteroatoms. The molecule has 0 saturated heterocycles. The highest BCUT2D eigenvalue weighted by molar-refractivity contribution is 7.98. The third kappa shape index (κ3) is 2.99. The fourth-order valence-electron chi connectivity index (χ4n) is 2.01. The second-order valence-electron chi connectivity index (χ2n) is 4.25. The molecule has 0 spiro atoms. The number of Topliss-reactive ketones (excluding diaryl/α,β-unsaturated/α-hetero) is 1. The van der Waals surface area contributed by atoms with E-state index >= 15 is 0 Å². The van der Waals surface area contributed by atoms with Gasteiger partial charge in [-0.25, -0.2) is 4.39 Å². The van der Waals surface area contributed by atoms with Gasteiger partial charge in [0.2, 0.25) is 0 Å². The molecule has 0 N–H and O–H groups in total. The Labute approximate surface area is 122 Å². The number of rotatable bonds is 4. The lowest BCUT2D eigenvalue weighted by Gasteiger charge is -2.08. The highest BCUT2D eigenvalue weighted by Gasteiger charge is 2.15. The molecule has 0 aliphatic carbocycles. The SMILES string of the molecule is CC=C(C(=O)c1ccc(SC)c(F)c1)c1ccccc1. The summed E-state index contributed by atoms with van der Waals surface area (Å²) in [6.07, 6.45) is 3.57. The molecule has 0 aromatic heterocycles. The van der Waals surface area contributed by atoms with Crippen LogP contribution in [0.4, 0.5) is 4.39 Å². The highest BCUT2D eigenvalue weighted by atomic mass is 32.2. The van der Waals surface area contributed by atoms with Crippen molar-refractivity contribution in [3.63, 3.8) is 0 Å². The predicted octanol–water partition coefficient (Wildman–Crippen LogP) is 4.83. The highest BCUT2D eigenvalue weighted by Crippen LogP contribution is 2.24. The first kappa shape index (κ1) is 14.5. The number of benzene rings is 2. The van der Waals surface area contributed by atoms with Crippen molar-refractivity contribution < 1.29 is 9.18 Å². The first-order chi connectivity index (χ1) is 9.67. The van der Waals surface area contributed by atoms with Crippen LogP contribution in [0, 0.1) is 5.82 Å². The zero-order chi connectivity index (χ0) is 14.5. The number of carbonyl (C=O) groups is 1. The summed E-state index contributed by atoms with van der Waals surface area (Å²) in [4.78, 5) is 13.0. The number of thioether (sulfide) groups is 1. The van der Waals surface area contributed by atoms with Crippen molar-refractivity contribution in [2.24, 2.45) is 0 Å². The number of allylic oxidation sites excluding steroid dienone is 2. The van der Waals surface area contributed by atoms with Gasteiger partial charge in [0.05, 0.1) is 0 Å². The lowest BCUT2D eigenvalue weighted by molar-refractivity contribution is 0.105. The largest absolute Gasteiger partial charge is 0.289 e. The molecule has 0 aliphatic rings. The van der Waals surface area contributed by atoms with E-state index in [0.29, 0.717) is 16.0 Å². The quantitative estimate of drug-likeness (QED) is 0.455. The van der Waals surface area contributed by atoms with Gasteiger partial charge in [-0.1, -0.05) is 36.4 Å². The molecule has 0 aliphatic heterocycles. The topological polar surface area (TPSA) is 17.1 Å². The van der Waals surface area contributed by atoms with E-state index in [1.807, 2.05) is 37.3 Å². The van der Waals surface area contributed by atoms with E-state index in [0.717, 1.165) is 5.56 Å². The molecule has 0 fully saturated rings. The maximum atomic E-state index is 13.8. The van der Waals surface area contributed by atoms with Crippen molar-refractivity contribution in [2.45, 2.75) is 11.8 Å². The lowest BCUT2D eigenvalue weighted by Crippen LogP contribution is -2.03. The molecular formula is C17H15FOS. The number of carbonyl (C=O) groups excluding carboxylic acids is 1. The maximum absolute atomic E-state index is 13.8. The molecule has 0 atom stereocenters. The van der Waals surface area contributed by atoms with Crippen LogP contribution in [0.2, 0.25) is 0 Å². The van der Waals surface area contributed by atoms with Crippen molar-refractivity contribution in [3.05, 3.63) is 71.6 Å². The fraction of sp³-hybridized carbons (Fsp3) is 0.118. The van der Waals surface area contributed by atoms with Crippen molar-refractivity contribution in [1.82, 2.24) is 0 Å². The Morgan fingerprint density at radius 2 is 1.80 bits per heavy atom. The van der Waals surface area contributed by atoms with Gasteiger partial charge in [-0.15, -0.1) is 11.8 Å². The van der Waals surface area contributed by atoms with E-state index < -0.39 is 0 Å². The smallest absolute Gasteiger partial charge is 0.193 e. The standard InChI is InChI=1S/C17H15FOS/c1-3-14(12-7-5-4-6-8-12)17(19)13-9-10-16(20-2)15(18)11-13/h3-11H,1-2H3. The van der Waals surface area contributed by atoms with E-state index in [1.54, 1.807) is 24.5 Å². The molecule has 0 saturated carbocycles. The molecule has 0 amide bonds. The van der Waals surface area contributed by atoms with Gasteiger partial charge < -0.3 is 0 Å². The predicted molar refractivity (Wildman–Crippen MR) is 82.6 cm³/mol. The van der Waals surface area contributed by atoms with Crippen LogP contribution in [-0.4, -0.2) is 12.0 Å². The van der Waals surface area contributed by atoms with E-state index in [1.165, 1.54) is 17.8 Å². The third-order valence-electron chi connectivity index (χ3n) is 3.03. The number of halogens is 1. The minimum absolute atomic E-state index is 0.162. The van der Waals surface area contributed by atoms with Crippen molar-refractivity contribution in [1.29, 1.82) is 0 Å². The molecule has 2 aromatic carbocycles. The molecule has 1 nitrogen and oxygen atoms in total. The Bertz CT molecular complexity index is 647. The van der Waals surface area contributed by atoms with Crippen LogP contribution in [0.15, 0.2) is 59.5 Å². The normalized spacial score (nSPS) is 11.4. The van der Waals surface area contributed by atoms with Gasteiger partial charge in [0.1, 0.15) is 5.82 Å². The monoisotopic (exact) mass is 286 g/mol. The zero-order valence-electron chi connectivity index (χ0n) is 11.4. The Balaban J connectivity index is 2.38. The summed E-state index contributed by atoms with van der Waals surface area (Å²) in [5.74, 6) is -0.517. The van der Waals surface area contributed by atoms with Crippen LogP contribution in [0.25, 0.3) is 5.57 Å². The summed E-state index contributed by atoms with van der Waals surface area (Å²) in [5.41, 5.74) is 1.80. The lowest BCUT2D eigenvalue weighted by atomic mass is 9.96. The van der Waals surface area contributed by atoms with E-state index in [-0.39, 0.29) is 11.6 Å². The Morgan fingerprint density at radius 3 is 2.35 bits per heavy atom. The molecule has 102 valence electrons. The minimum Gasteiger partial charge on any atom is -0.289 e. The zero-order valence-corrected chi connectivity index (χ0v) is 12.2. The summed E-state index contributed by atoms with van der Waals surface area (Å²) >= 11 is 1.33. The third-order valence-corrected chi connectivity index (χ3v) is 3.80. The Hall–Kier alpha value is -1.87. The van der Waals surface area contributed by atoms with Gasteiger partial charge in [0.15, 0.2) is 5.78 Å². The van der Waals surface area contributed by atoms with Crippen LogP contribution >= 0.6 is 11.8 Å². The summed E-state index contributed by atoms with van der Waals surface area (Å²) in [5, 5.41) is 0. The summed E-state index contributed by atoms with van der Waals surface area (Å²) in [6, 6.07) is 14.0. The number of hydrogen-bond donors (Lipinski definition) is 0. The Kier molecular flexibility index (Phi) is 4.74. The maximum Gasteiger partial charge on any atom is 0.193 e. The fourth-order valence-corrected chi connectivity index (χ4v) is 2.47. The van der Waals surface area contributed by atoms with E-state index in [9.17, 15) is 9.18 Å². The summed E-state index contributed by atoms with van der Waals surface area (Å²) in [6.45, 7) is 1.81. The van der Waals surface area contributed by atoms with Crippen LogP contribution in [0.5, 0.6) is 0 Å². The van der Waals surface area contributed by atoms with Gasteiger partial charge >= 0.3 is 0 Å². The van der Waals surface area contributed by atoms with Gasteiger partial charge in [-0.3, -0.25) is 4.79 Å². The minimum atomic E-state index is -0.355. The molecule has 2 aromatic rings. The molecule has 20 heavy (non-hydrogen) atoms. The van der Waals surface area contributed by atoms with Crippen molar-refractivity contribution in [3.8, 4) is 0 Å². The van der Waals surface area contributed by atoms with Gasteiger partial charge in [0, 0.05) is 16.0 Å². The van der Waals surface area contributed by atoms with Crippen LogP contribution in [0.1, 0.15) is 22.8 Å². The van der Waals surface area contributed by atoms with Crippen molar-refractivity contribution >= 4 is 23.1 Å². The summed E-state index contributed by atoms with van der Waals surface area (Å²) in [7, 11) is 0. The van der Waals surface area contributed by atoms with Crippen LogP contribution in [-0.2, 0) is 0 Å². The number of ketones is 1. The average molecular weight is 286 g/mol. The van der Waals surface area contributed by atoms with E-state index in [2.05, 4.69) is 0 Å². The molecule has 0 heterocycles. The second-order valence-corrected chi connectivity index (χ2v) is 5.09. The first-order valence-electron chi connectivity index (χ1n) is 6.27. The Morgan fingerprint density at radius 1 is 1.10 bits per heavy atom. The average Bonchev–Trinajstić information content (AvgIpc) is 2.49. The van der Waals surface area contributed by atoms with Crippen LogP contribution < -0.4 is 0 Å². The van der Waals surface area contributed by atoms with Crippen molar-refractivity contribution in [2.75, 3.05) is 6.26 Å². The molecule has 0 radical (unpaired) electrons. The van der Waals surface area contributed by atoms with Gasteiger partial charge in [0.25, 0.3) is 0 Å². The second kappa shape index (κ2) is 6.53. The first-order valence-corrected chi connectivity index (χ1v) is 7.49. The number of hydrogen-bond acceptors (Lipinski definition) is 2. The molecular weight excluding hydrogens is 271 g/mol. The van der Waals surface area contributed by atoms with Gasteiger partial charge in [-0.2, -0.15) is 0 Å². The molecule has 0 bridgehead atoms. The van der Waals surface area contributed by atoms with Gasteiger partial charge in [-0.05, 0) is 36.9 Å². The molecule has 2 rings (SSSR count).